The maximum atomic E-state index is 12.4. The van der Waals surface area contributed by atoms with E-state index < -0.39 is 5.97 Å². The Bertz CT molecular complexity index is 1200. The molecule has 0 atom stereocenters. The minimum atomic E-state index is -0.472. The predicted molar refractivity (Wildman–Crippen MR) is 131 cm³/mol. The first kappa shape index (κ1) is 21.4. The summed E-state index contributed by atoms with van der Waals surface area (Å²) in [7, 11) is 1.61. The molecule has 3 aromatic rings. The molecule has 158 valence electrons. The van der Waals surface area contributed by atoms with Crippen molar-refractivity contribution >= 4 is 51.3 Å². The summed E-state index contributed by atoms with van der Waals surface area (Å²) < 4.78 is 17.7. The fourth-order valence-corrected chi connectivity index (χ4v) is 4.08. The van der Waals surface area contributed by atoms with E-state index in [1.165, 1.54) is 0 Å². The summed E-state index contributed by atoms with van der Waals surface area (Å²) in [6.07, 6.45) is 3.74. The van der Waals surface area contributed by atoms with E-state index in [1.54, 1.807) is 13.2 Å². The zero-order valence-corrected chi connectivity index (χ0v) is 19.5. The van der Waals surface area contributed by atoms with Gasteiger partial charge in [-0.3, -0.25) is 0 Å². The van der Waals surface area contributed by atoms with Gasteiger partial charge in [-0.1, -0.05) is 43.7 Å². The smallest absolute Gasteiger partial charge is 0.363 e. The number of ether oxygens (including phenoxy) is 3. The van der Waals surface area contributed by atoms with Crippen LogP contribution < -0.4 is 9.47 Å². The highest BCUT2D eigenvalue weighted by Crippen LogP contribution is 2.35. The number of carbonyl (C=O) groups excluding carboxylic acids is 1. The Balaban J connectivity index is 1.64. The lowest BCUT2D eigenvalue weighted by Gasteiger charge is -2.13. The number of benzene rings is 3. The Labute approximate surface area is 194 Å². The molecule has 31 heavy (non-hydrogen) atoms. The van der Waals surface area contributed by atoms with Crippen molar-refractivity contribution in [2.75, 3.05) is 13.7 Å². The second-order valence-electron chi connectivity index (χ2n) is 7.13. The zero-order valence-electron chi connectivity index (χ0n) is 17.4. The van der Waals surface area contributed by atoms with E-state index in [2.05, 4.69) is 34.5 Å². The van der Waals surface area contributed by atoms with E-state index in [0.29, 0.717) is 24.0 Å². The van der Waals surface area contributed by atoms with E-state index >= 15 is 0 Å². The van der Waals surface area contributed by atoms with E-state index in [1.807, 2.05) is 54.6 Å². The maximum Gasteiger partial charge on any atom is 0.363 e. The van der Waals surface area contributed by atoms with Gasteiger partial charge in [0.15, 0.2) is 17.2 Å². The van der Waals surface area contributed by atoms with Gasteiger partial charge in [0.2, 0.25) is 5.90 Å². The molecule has 3 aromatic carbocycles. The van der Waals surface area contributed by atoms with Gasteiger partial charge < -0.3 is 14.2 Å². The van der Waals surface area contributed by atoms with Crippen LogP contribution in [0.5, 0.6) is 11.5 Å². The summed E-state index contributed by atoms with van der Waals surface area (Å²) in [4.78, 5) is 16.9. The predicted octanol–water partition coefficient (Wildman–Crippen LogP) is 5.98. The topological polar surface area (TPSA) is 57.1 Å². The lowest BCUT2D eigenvalue weighted by Crippen LogP contribution is -2.05. The Hall–Kier alpha value is -2.87. The highest BCUT2D eigenvalue weighted by atomic mass is 127. The highest BCUT2D eigenvalue weighted by Gasteiger charge is 2.24. The van der Waals surface area contributed by atoms with Crippen molar-refractivity contribution in [1.82, 2.24) is 0 Å². The minimum absolute atomic E-state index is 0.251. The first-order valence-electron chi connectivity index (χ1n) is 10.1. The van der Waals surface area contributed by atoms with Crippen LogP contribution in [-0.4, -0.2) is 25.6 Å². The molecule has 0 fully saturated rings. The van der Waals surface area contributed by atoms with E-state index in [9.17, 15) is 4.79 Å². The minimum Gasteiger partial charge on any atom is -0.493 e. The number of methoxy groups -OCH3 is 1. The maximum absolute atomic E-state index is 12.4. The fraction of sp³-hybridized carbons (Fsp3) is 0.200. The van der Waals surface area contributed by atoms with Crippen LogP contribution in [0.3, 0.4) is 0 Å². The first-order chi connectivity index (χ1) is 15.1. The molecule has 0 unspecified atom stereocenters. The summed E-state index contributed by atoms with van der Waals surface area (Å²) in [5.41, 5.74) is 1.81. The van der Waals surface area contributed by atoms with Gasteiger partial charge in [0.25, 0.3) is 0 Å². The molecular formula is C25H22INO4. The van der Waals surface area contributed by atoms with Crippen LogP contribution in [0.25, 0.3) is 16.8 Å². The largest absolute Gasteiger partial charge is 0.493 e. The summed E-state index contributed by atoms with van der Waals surface area (Å²) in [6.45, 7) is 2.75. The number of carbonyl (C=O) groups is 1. The van der Waals surface area contributed by atoms with Gasteiger partial charge in [0.1, 0.15) is 0 Å². The van der Waals surface area contributed by atoms with E-state index in [4.69, 9.17) is 14.2 Å². The zero-order chi connectivity index (χ0) is 21.8. The number of unbranched alkanes of at least 4 members (excludes halogenated alkanes) is 1. The standard InChI is InChI=1S/C25H22INO4/c1-3-4-11-30-23-20(26)12-16(14-22(23)29-2)13-21-25(28)31-24(27-21)19-10-9-17-7-5-6-8-18(17)15-19/h5-10,12-15H,3-4,11H2,1-2H3/b21-13+. The summed E-state index contributed by atoms with van der Waals surface area (Å²) >= 11 is 2.21. The average molecular weight is 527 g/mol. The second-order valence-corrected chi connectivity index (χ2v) is 8.30. The molecule has 0 saturated carbocycles. The van der Waals surface area contributed by atoms with Crippen LogP contribution in [-0.2, 0) is 9.53 Å². The lowest BCUT2D eigenvalue weighted by atomic mass is 10.1. The van der Waals surface area contributed by atoms with Crippen molar-refractivity contribution in [2.24, 2.45) is 4.99 Å². The molecule has 4 rings (SSSR count). The molecule has 1 heterocycles. The average Bonchev–Trinajstić information content (AvgIpc) is 3.14. The van der Waals surface area contributed by atoms with Crippen LogP contribution in [0.15, 0.2) is 65.3 Å². The number of aliphatic imine (C=N–C) groups is 1. The third-order valence-corrected chi connectivity index (χ3v) is 5.72. The molecule has 0 radical (unpaired) electrons. The van der Waals surface area contributed by atoms with Crippen LogP contribution in [0.1, 0.15) is 30.9 Å². The summed E-state index contributed by atoms with van der Waals surface area (Å²) in [5.74, 6) is 1.18. The van der Waals surface area contributed by atoms with Crippen LogP contribution in [0.4, 0.5) is 0 Å². The van der Waals surface area contributed by atoms with Crippen molar-refractivity contribution in [3.63, 3.8) is 0 Å². The number of rotatable bonds is 7. The Morgan fingerprint density at radius 3 is 2.68 bits per heavy atom. The fourth-order valence-electron chi connectivity index (χ4n) is 3.29. The van der Waals surface area contributed by atoms with Crippen molar-refractivity contribution < 1.29 is 19.0 Å². The van der Waals surface area contributed by atoms with Gasteiger partial charge in [-0.25, -0.2) is 9.79 Å². The number of esters is 1. The normalized spacial score (nSPS) is 14.6. The molecular weight excluding hydrogens is 505 g/mol. The number of hydrogen-bond acceptors (Lipinski definition) is 5. The summed E-state index contributed by atoms with van der Waals surface area (Å²) in [6, 6.07) is 17.7. The van der Waals surface area contributed by atoms with Gasteiger partial charge in [-0.15, -0.1) is 0 Å². The third kappa shape index (κ3) is 4.74. The Kier molecular flexibility index (Phi) is 6.56. The lowest BCUT2D eigenvalue weighted by molar-refractivity contribution is -0.129. The van der Waals surface area contributed by atoms with E-state index in [-0.39, 0.29) is 5.70 Å². The Morgan fingerprint density at radius 2 is 1.90 bits per heavy atom. The van der Waals surface area contributed by atoms with Crippen molar-refractivity contribution in [2.45, 2.75) is 19.8 Å². The second kappa shape index (κ2) is 9.51. The monoisotopic (exact) mass is 527 g/mol. The van der Waals surface area contributed by atoms with Crippen LogP contribution in [0, 0.1) is 3.57 Å². The third-order valence-electron chi connectivity index (χ3n) is 4.92. The molecule has 0 aromatic heterocycles. The number of nitrogens with zero attached hydrogens (tertiary/aromatic N) is 1. The van der Waals surface area contributed by atoms with Crippen molar-refractivity contribution in [3.05, 3.63) is 75.0 Å². The highest BCUT2D eigenvalue weighted by molar-refractivity contribution is 14.1. The molecule has 1 aliphatic rings. The number of fused-ring (bicyclic) bond motifs is 1. The molecule has 5 nitrogen and oxygen atoms in total. The van der Waals surface area contributed by atoms with Crippen LogP contribution >= 0.6 is 22.6 Å². The Morgan fingerprint density at radius 1 is 1.10 bits per heavy atom. The van der Waals surface area contributed by atoms with Gasteiger partial charge in [-0.05, 0) is 75.7 Å². The van der Waals surface area contributed by atoms with Gasteiger partial charge in [0, 0.05) is 5.56 Å². The molecule has 6 heteroatoms. The first-order valence-corrected chi connectivity index (χ1v) is 11.2. The number of hydrogen-bond donors (Lipinski definition) is 0. The summed E-state index contributed by atoms with van der Waals surface area (Å²) in [5, 5.41) is 2.18. The molecule has 0 aliphatic carbocycles. The molecule has 0 N–H and O–H groups in total. The molecule has 1 aliphatic heterocycles. The number of cyclic esters (lactones) is 1. The van der Waals surface area contributed by atoms with E-state index in [0.717, 1.165) is 38.3 Å². The molecule has 0 saturated heterocycles. The molecule has 0 bridgehead atoms. The van der Waals surface area contributed by atoms with Gasteiger partial charge >= 0.3 is 5.97 Å². The number of halogens is 1. The van der Waals surface area contributed by atoms with Gasteiger partial charge in [-0.2, -0.15) is 0 Å². The van der Waals surface area contributed by atoms with Gasteiger partial charge in [0.05, 0.1) is 17.3 Å². The molecule has 0 amide bonds. The quantitative estimate of drug-likeness (QED) is 0.164. The SMILES string of the molecule is CCCCOc1c(I)cc(/C=C2/N=C(c3ccc4ccccc4c3)OC2=O)cc1OC. The van der Waals surface area contributed by atoms with Crippen molar-refractivity contribution in [3.8, 4) is 11.5 Å². The van der Waals surface area contributed by atoms with Crippen molar-refractivity contribution in [1.29, 1.82) is 0 Å². The molecule has 0 spiro atoms. The van der Waals surface area contributed by atoms with Crippen LogP contribution in [0.2, 0.25) is 0 Å².